The van der Waals surface area contributed by atoms with Crippen LogP contribution in [-0.4, -0.2) is 29.2 Å². The molecule has 68 valence electrons. The van der Waals surface area contributed by atoms with E-state index in [2.05, 4.69) is 26.2 Å². The van der Waals surface area contributed by atoms with E-state index in [4.69, 9.17) is 14.0 Å². The minimum absolute atomic E-state index is 0.128. The van der Waals surface area contributed by atoms with Gasteiger partial charge in [0.15, 0.2) is 8.32 Å². The van der Waals surface area contributed by atoms with Crippen LogP contribution in [0.5, 0.6) is 0 Å². The molecular formula is C6H18O3Si2. The lowest BCUT2D eigenvalue weighted by Gasteiger charge is -2.14. The number of rotatable bonds is 2. The predicted octanol–water partition coefficient (Wildman–Crippen LogP) is 1.06. The summed E-state index contributed by atoms with van der Waals surface area (Å²) in [7, 11) is -1.22. The van der Waals surface area contributed by atoms with E-state index in [-0.39, 0.29) is 9.76 Å². The zero-order valence-corrected chi connectivity index (χ0v) is 10.4. The van der Waals surface area contributed by atoms with Gasteiger partial charge in [0.1, 0.15) is 9.76 Å². The molecule has 0 aliphatic rings. The molecule has 0 amide bonds. The molecule has 0 aromatic heterocycles. The second-order valence-electron chi connectivity index (χ2n) is 3.06. The van der Waals surface area contributed by atoms with Gasteiger partial charge in [-0.3, -0.25) is 4.79 Å². The Morgan fingerprint density at radius 1 is 1.45 bits per heavy atom. The molecule has 3 nitrogen and oxygen atoms in total. The summed E-state index contributed by atoms with van der Waals surface area (Å²) in [5, 5.41) is 7.42. The van der Waals surface area contributed by atoms with Crippen LogP contribution in [0.25, 0.3) is 0 Å². The molecule has 5 heteroatoms. The van der Waals surface area contributed by atoms with Gasteiger partial charge < -0.3 is 9.22 Å². The van der Waals surface area contributed by atoms with E-state index in [1.54, 1.807) is 0 Å². The Morgan fingerprint density at radius 3 is 1.73 bits per heavy atom. The standard InChI is InChI=1S/C4H14OSi2.C2H4O2/c1-6-5-7(2,3)4;1-2(3)4/h6H2,1-4H3;1H3,(H,3,4). The van der Waals surface area contributed by atoms with Gasteiger partial charge in [-0.1, -0.05) is 6.55 Å². The van der Waals surface area contributed by atoms with Crippen molar-refractivity contribution in [3.63, 3.8) is 0 Å². The third kappa shape index (κ3) is 40.9. The van der Waals surface area contributed by atoms with E-state index in [1.807, 2.05) is 0 Å². The van der Waals surface area contributed by atoms with Crippen LogP contribution < -0.4 is 0 Å². The minimum Gasteiger partial charge on any atom is -0.481 e. The second kappa shape index (κ2) is 6.57. The van der Waals surface area contributed by atoms with Crippen LogP contribution in [-0.2, 0) is 8.91 Å². The van der Waals surface area contributed by atoms with Crippen LogP contribution >= 0.6 is 0 Å². The molecule has 0 heterocycles. The zero-order valence-electron chi connectivity index (χ0n) is 7.97. The summed E-state index contributed by atoms with van der Waals surface area (Å²) in [6.07, 6.45) is 0. The summed E-state index contributed by atoms with van der Waals surface area (Å²) in [6.45, 7) is 9.94. The van der Waals surface area contributed by atoms with Crippen molar-refractivity contribution in [3.05, 3.63) is 0 Å². The maximum atomic E-state index is 9.00. The van der Waals surface area contributed by atoms with Crippen molar-refractivity contribution in [1.82, 2.24) is 0 Å². The van der Waals surface area contributed by atoms with Gasteiger partial charge in [0.2, 0.25) is 0 Å². The molecule has 0 aromatic rings. The molecule has 0 saturated heterocycles. The number of hydrogen-bond donors (Lipinski definition) is 1. The Kier molecular flexibility index (Phi) is 8.03. The fourth-order valence-corrected chi connectivity index (χ4v) is 3.90. The fourth-order valence-electron chi connectivity index (χ4n) is 0.433. The molecular weight excluding hydrogens is 176 g/mol. The first-order valence-corrected chi connectivity index (χ1v) is 9.03. The Bertz CT molecular complexity index is 105. The monoisotopic (exact) mass is 194 g/mol. The number of aliphatic carboxylic acids is 1. The number of hydrogen-bond acceptors (Lipinski definition) is 2. The summed E-state index contributed by atoms with van der Waals surface area (Å²) in [5.74, 6) is -0.833. The highest BCUT2D eigenvalue weighted by Crippen LogP contribution is 1.99. The first-order chi connectivity index (χ1) is 4.79. The van der Waals surface area contributed by atoms with Gasteiger partial charge in [-0.05, 0) is 19.6 Å². The number of carboxylic acid groups (broad SMARTS) is 1. The summed E-state index contributed by atoms with van der Waals surface area (Å²) in [4.78, 5) is 9.00. The van der Waals surface area contributed by atoms with Gasteiger partial charge >= 0.3 is 0 Å². The van der Waals surface area contributed by atoms with Gasteiger partial charge in [0.05, 0.1) is 0 Å². The highest BCUT2D eigenvalue weighted by atomic mass is 28.4. The summed E-state index contributed by atoms with van der Waals surface area (Å²) in [5.41, 5.74) is 0. The van der Waals surface area contributed by atoms with Crippen LogP contribution in [0.2, 0.25) is 26.2 Å². The molecule has 11 heavy (non-hydrogen) atoms. The number of carboxylic acids is 1. The summed E-state index contributed by atoms with van der Waals surface area (Å²) >= 11 is 0. The molecule has 0 aliphatic carbocycles. The molecule has 0 atom stereocenters. The predicted molar refractivity (Wildman–Crippen MR) is 52.1 cm³/mol. The summed E-state index contributed by atoms with van der Waals surface area (Å²) < 4.78 is 5.51. The lowest BCUT2D eigenvalue weighted by atomic mass is 10.9. The molecule has 0 aromatic carbocycles. The first kappa shape index (κ1) is 13.5. The Balaban J connectivity index is 0. The third-order valence-electron chi connectivity index (χ3n) is 0.577. The molecule has 0 radical (unpaired) electrons. The second-order valence-corrected chi connectivity index (χ2v) is 9.02. The van der Waals surface area contributed by atoms with Crippen molar-refractivity contribution in [2.24, 2.45) is 0 Å². The summed E-state index contributed by atoms with van der Waals surface area (Å²) in [6, 6.07) is 0. The van der Waals surface area contributed by atoms with E-state index >= 15 is 0 Å². The van der Waals surface area contributed by atoms with Gasteiger partial charge in [-0.15, -0.1) is 0 Å². The van der Waals surface area contributed by atoms with Crippen molar-refractivity contribution < 1.29 is 14.0 Å². The van der Waals surface area contributed by atoms with Crippen LogP contribution in [0.15, 0.2) is 0 Å². The van der Waals surface area contributed by atoms with Crippen molar-refractivity contribution in [1.29, 1.82) is 0 Å². The van der Waals surface area contributed by atoms with E-state index < -0.39 is 14.3 Å². The van der Waals surface area contributed by atoms with E-state index in [9.17, 15) is 0 Å². The van der Waals surface area contributed by atoms with Crippen molar-refractivity contribution in [2.75, 3.05) is 0 Å². The maximum absolute atomic E-state index is 9.00. The molecule has 0 aliphatic heterocycles. The van der Waals surface area contributed by atoms with E-state index in [1.165, 1.54) is 0 Å². The fraction of sp³-hybridized carbons (Fsp3) is 0.833. The van der Waals surface area contributed by atoms with Crippen LogP contribution in [0.1, 0.15) is 6.92 Å². The SMILES string of the molecule is CC(=O)O.C[SiH2]O[Si](C)(C)C. The van der Waals surface area contributed by atoms with Gasteiger partial charge in [-0.2, -0.15) is 0 Å². The lowest BCUT2D eigenvalue weighted by Crippen LogP contribution is -2.26. The quantitative estimate of drug-likeness (QED) is 0.669. The van der Waals surface area contributed by atoms with Gasteiger partial charge in [0, 0.05) is 6.92 Å². The Morgan fingerprint density at radius 2 is 1.73 bits per heavy atom. The van der Waals surface area contributed by atoms with Gasteiger partial charge in [-0.25, -0.2) is 0 Å². The van der Waals surface area contributed by atoms with E-state index in [0.29, 0.717) is 0 Å². The van der Waals surface area contributed by atoms with Crippen LogP contribution in [0, 0.1) is 0 Å². The average molecular weight is 194 g/mol. The zero-order chi connectivity index (χ0) is 9.49. The Hall–Kier alpha value is -0.136. The van der Waals surface area contributed by atoms with Crippen LogP contribution in [0.3, 0.4) is 0 Å². The largest absolute Gasteiger partial charge is 0.481 e. The van der Waals surface area contributed by atoms with E-state index in [0.717, 1.165) is 6.92 Å². The first-order valence-electron chi connectivity index (χ1n) is 3.63. The van der Waals surface area contributed by atoms with Gasteiger partial charge in [0.25, 0.3) is 5.97 Å². The topological polar surface area (TPSA) is 46.5 Å². The van der Waals surface area contributed by atoms with Crippen molar-refractivity contribution >= 4 is 24.0 Å². The molecule has 1 N–H and O–H groups in total. The lowest BCUT2D eigenvalue weighted by molar-refractivity contribution is -0.134. The Labute approximate surface area is 71.8 Å². The minimum atomic E-state index is -1.10. The smallest absolute Gasteiger partial charge is 0.300 e. The van der Waals surface area contributed by atoms with Crippen LogP contribution in [0.4, 0.5) is 0 Å². The average Bonchev–Trinajstić information content (AvgIpc) is 1.58. The normalized spacial score (nSPS) is 11.0. The third-order valence-corrected chi connectivity index (χ3v) is 5.20. The molecule has 0 fully saturated rings. The molecule has 0 bridgehead atoms. The van der Waals surface area contributed by atoms with Crippen molar-refractivity contribution in [3.8, 4) is 0 Å². The number of carbonyl (C=O) groups is 1. The highest BCUT2D eigenvalue weighted by Gasteiger charge is 2.10. The molecule has 0 rings (SSSR count). The maximum Gasteiger partial charge on any atom is 0.300 e. The molecule has 0 unspecified atom stereocenters. The van der Waals surface area contributed by atoms with Crippen molar-refractivity contribution in [2.45, 2.75) is 33.1 Å². The molecule has 0 spiro atoms. The molecule has 0 saturated carbocycles. The highest BCUT2D eigenvalue weighted by molar-refractivity contribution is 6.73.